The molecule has 1 nitrogen and oxygen atoms in total. The van der Waals surface area contributed by atoms with Gasteiger partial charge in [0.25, 0.3) is 0 Å². The Balaban J connectivity index is 1.28. The molecule has 0 spiro atoms. The van der Waals surface area contributed by atoms with E-state index < -0.39 is 0 Å². The first kappa shape index (κ1) is 11.1. The molecule has 6 atom stereocenters. The lowest BCUT2D eigenvalue weighted by Crippen LogP contribution is -1.91. The average molecular weight is 222 g/mol. The van der Waals surface area contributed by atoms with E-state index in [2.05, 4.69) is 6.92 Å². The zero-order valence-corrected chi connectivity index (χ0v) is 10.6. The lowest BCUT2D eigenvalue weighted by molar-refractivity contribution is 0.279. The Hall–Kier alpha value is -0.0400. The highest BCUT2D eigenvalue weighted by Crippen LogP contribution is 2.57. The van der Waals surface area contributed by atoms with Crippen molar-refractivity contribution in [1.82, 2.24) is 0 Å². The van der Waals surface area contributed by atoms with E-state index in [0.29, 0.717) is 6.61 Å². The van der Waals surface area contributed by atoms with Gasteiger partial charge < -0.3 is 5.11 Å². The lowest BCUT2D eigenvalue weighted by Gasteiger charge is -2.00. The number of rotatable bonds is 7. The Kier molecular flexibility index (Phi) is 2.99. The Morgan fingerprint density at radius 2 is 1.44 bits per heavy atom. The van der Waals surface area contributed by atoms with Crippen LogP contribution in [0.4, 0.5) is 0 Å². The molecule has 3 aliphatic rings. The molecule has 0 heterocycles. The van der Waals surface area contributed by atoms with Gasteiger partial charge in [-0.15, -0.1) is 0 Å². The summed E-state index contributed by atoms with van der Waals surface area (Å²) < 4.78 is 0. The highest BCUT2D eigenvalue weighted by atomic mass is 16.2. The predicted molar refractivity (Wildman–Crippen MR) is 66.0 cm³/mol. The smallest absolute Gasteiger partial charge is 0.0431 e. The van der Waals surface area contributed by atoms with E-state index in [0.717, 1.165) is 41.9 Å². The summed E-state index contributed by atoms with van der Waals surface area (Å²) in [5.41, 5.74) is 0. The zero-order valence-electron chi connectivity index (χ0n) is 10.6. The van der Waals surface area contributed by atoms with Crippen LogP contribution in [0.5, 0.6) is 0 Å². The van der Waals surface area contributed by atoms with Gasteiger partial charge in [-0.3, -0.25) is 0 Å². The molecule has 1 heteroatoms. The Morgan fingerprint density at radius 3 is 2.06 bits per heavy atom. The van der Waals surface area contributed by atoms with Gasteiger partial charge in [0.2, 0.25) is 0 Å². The van der Waals surface area contributed by atoms with Crippen LogP contribution in [-0.2, 0) is 0 Å². The molecular formula is C15H26O. The second kappa shape index (κ2) is 4.33. The van der Waals surface area contributed by atoms with Crippen molar-refractivity contribution >= 4 is 0 Å². The van der Waals surface area contributed by atoms with Crippen molar-refractivity contribution in [3.63, 3.8) is 0 Å². The molecule has 3 saturated carbocycles. The molecule has 0 amide bonds. The van der Waals surface area contributed by atoms with Crippen LogP contribution in [0.2, 0.25) is 0 Å². The van der Waals surface area contributed by atoms with Crippen LogP contribution in [0.15, 0.2) is 0 Å². The van der Waals surface area contributed by atoms with Crippen molar-refractivity contribution < 1.29 is 5.11 Å². The van der Waals surface area contributed by atoms with Crippen LogP contribution < -0.4 is 0 Å². The van der Waals surface area contributed by atoms with E-state index in [4.69, 9.17) is 5.11 Å². The minimum Gasteiger partial charge on any atom is -0.396 e. The van der Waals surface area contributed by atoms with Gasteiger partial charge in [-0.1, -0.05) is 6.92 Å². The van der Waals surface area contributed by atoms with E-state index in [1.165, 1.54) is 25.7 Å². The Morgan fingerprint density at radius 1 is 0.875 bits per heavy atom. The lowest BCUT2D eigenvalue weighted by atomic mass is 10.1. The van der Waals surface area contributed by atoms with Gasteiger partial charge in [-0.05, 0) is 80.5 Å². The first-order chi connectivity index (χ1) is 7.78. The van der Waals surface area contributed by atoms with E-state index in [9.17, 15) is 0 Å². The highest BCUT2D eigenvalue weighted by molar-refractivity contribution is 4.97. The number of aliphatic hydroxyl groups excluding tert-OH is 1. The van der Waals surface area contributed by atoms with Gasteiger partial charge in [0.15, 0.2) is 0 Å². The summed E-state index contributed by atoms with van der Waals surface area (Å²) in [4.78, 5) is 0. The van der Waals surface area contributed by atoms with E-state index >= 15 is 0 Å². The molecule has 0 aromatic carbocycles. The van der Waals surface area contributed by atoms with Gasteiger partial charge in [0.05, 0.1) is 0 Å². The standard InChI is InChI=1S/C15H26O/c1-10-5-12(10)7-14-9-15(14)8-13-6-11(13)3-2-4-16/h10-16H,2-9H2,1H3. The van der Waals surface area contributed by atoms with Crippen LogP contribution in [0.25, 0.3) is 0 Å². The van der Waals surface area contributed by atoms with E-state index in [-0.39, 0.29) is 0 Å². The van der Waals surface area contributed by atoms with E-state index in [1.807, 2.05) is 0 Å². The summed E-state index contributed by atoms with van der Waals surface area (Å²) in [7, 11) is 0. The molecule has 1 N–H and O–H groups in total. The van der Waals surface area contributed by atoms with Gasteiger partial charge in [0, 0.05) is 6.61 Å². The summed E-state index contributed by atoms with van der Waals surface area (Å²) in [6, 6.07) is 0. The van der Waals surface area contributed by atoms with Crippen molar-refractivity contribution in [2.75, 3.05) is 6.61 Å². The van der Waals surface area contributed by atoms with Gasteiger partial charge >= 0.3 is 0 Å². The molecule has 3 aliphatic carbocycles. The van der Waals surface area contributed by atoms with Crippen LogP contribution >= 0.6 is 0 Å². The molecule has 0 bridgehead atoms. The van der Waals surface area contributed by atoms with Crippen molar-refractivity contribution in [3.05, 3.63) is 0 Å². The van der Waals surface area contributed by atoms with Gasteiger partial charge in [-0.2, -0.15) is 0 Å². The molecule has 0 saturated heterocycles. The maximum Gasteiger partial charge on any atom is 0.0431 e. The van der Waals surface area contributed by atoms with Crippen LogP contribution in [-0.4, -0.2) is 11.7 Å². The Labute approximate surface area is 99.6 Å². The second-order valence-corrected chi connectivity index (χ2v) is 6.82. The summed E-state index contributed by atoms with van der Waals surface area (Å²) in [6.07, 6.45) is 9.95. The molecule has 3 fully saturated rings. The summed E-state index contributed by atoms with van der Waals surface area (Å²) >= 11 is 0. The van der Waals surface area contributed by atoms with Gasteiger partial charge in [-0.25, -0.2) is 0 Å². The minimum atomic E-state index is 0.398. The predicted octanol–water partition coefficient (Wildman–Crippen LogP) is 3.47. The summed E-state index contributed by atoms with van der Waals surface area (Å²) in [6.45, 7) is 2.81. The average Bonchev–Trinajstić information content (AvgIpc) is 3.14. The third kappa shape index (κ3) is 2.61. The zero-order chi connectivity index (χ0) is 11.1. The molecular weight excluding hydrogens is 196 g/mol. The first-order valence-electron chi connectivity index (χ1n) is 7.38. The molecule has 0 aromatic heterocycles. The topological polar surface area (TPSA) is 20.2 Å². The molecule has 0 aromatic rings. The van der Waals surface area contributed by atoms with Crippen LogP contribution in [0.3, 0.4) is 0 Å². The van der Waals surface area contributed by atoms with Crippen molar-refractivity contribution in [2.45, 2.75) is 51.9 Å². The largest absolute Gasteiger partial charge is 0.396 e. The fourth-order valence-electron chi connectivity index (χ4n) is 3.70. The normalized spacial score (nSPS) is 49.1. The van der Waals surface area contributed by atoms with Crippen molar-refractivity contribution in [2.24, 2.45) is 35.5 Å². The monoisotopic (exact) mass is 222 g/mol. The minimum absolute atomic E-state index is 0.398. The fourth-order valence-corrected chi connectivity index (χ4v) is 3.70. The summed E-state index contributed by atoms with van der Waals surface area (Å²) in [5.74, 6) is 6.44. The number of aliphatic hydroxyl groups is 1. The van der Waals surface area contributed by atoms with Crippen molar-refractivity contribution in [3.8, 4) is 0 Å². The molecule has 0 aliphatic heterocycles. The summed E-state index contributed by atoms with van der Waals surface area (Å²) in [5, 5.41) is 8.80. The molecule has 16 heavy (non-hydrogen) atoms. The third-order valence-corrected chi connectivity index (χ3v) is 5.36. The van der Waals surface area contributed by atoms with Gasteiger partial charge in [0.1, 0.15) is 0 Å². The fraction of sp³-hybridized carbons (Fsp3) is 1.00. The Bertz CT molecular complexity index is 250. The second-order valence-electron chi connectivity index (χ2n) is 6.82. The van der Waals surface area contributed by atoms with Crippen LogP contribution in [0.1, 0.15) is 51.9 Å². The highest BCUT2D eigenvalue weighted by Gasteiger charge is 2.47. The molecule has 0 radical (unpaired) electrons. The first-order valence-corrected chi connectivity index (χ1v) is 7.38. The molecule has 3 rings (SSSR count). The maximum atomic E-state index is 8.80. The molecule has 92 valence electrons. The third-order valence-electron chi connectivity index (χ3n) is 5.36. The number of hydrogen-bond acceptors (Lipinski definition) is 1. The van der Waals surface area contributed by atoms with Crippen molar-refractivity contribution in [1.29, 1.82) is 0 Å². The quantitative estimate of drug-likeness (QED) is 0.699. The number of hydrogen-bond donors (Lipinski definition) is 1. The van der Waals surface area contributed by atoms with E-state index in [1.54, 1.807) is 12.8 Å². The molecule has 6 unspecified atom stereocenters. The maximum absolute atomic E-state index is 8.80. The SMILES string of the molecule is CC1CC1CC1CC1CC1CC1CCCO. The van der Waals surface area contributed by atoms with Crippen LogP contribution in [0, 0.1) is 35.5 Å².